The molecule has 4 nitrogen and oxygen atoms in total. The van der Waals surface area contributed by atoms with Crippen LogP contribution in [0.1, 0.15) is 17.6 Å². The molecule has 0 aromatic carbocycles. The summed E-state index contributed by atoms with van der Waals surface area (Å²) < 4.78 is 29.9. The van der Waals surface area contributed by atoms with Gasteiger partial charge in [-0.3, -0.25) is 4.79 Å². The lowest BCUT2D eigenvalue weighted by Gasteiger charge is -2.11. The first-order valence-electron chi connectivity index (χ1n) is 4.25. The molecule has 0 aliphatic rings. The fourth-order valence-electron chi connectivity index (χ4n) is 1.16. The molecule has 0 saturated heterocycles. The van der Waals surface area contributed by atoms with E-state index in [9.17, 15) is 13.6 Å². The summed E-state index contributed by atoms with van der Waals surface area (Å²) in [5, 5.41) is 0. The summed E-state index contributed by atoms with van der Waals surface area (Å²) in [6, 6.07) is 0. The fourth-order valence-corrected chi connectivity index (χ4v) is 1.50. The number of carbonyl (C=O) groups excluding carboxylic acids is 1. The van der Waals surface area contributed by atoms with Gasteiger partial charge in [-0.25, -0.2) is 13.8 Å². The number of hydrogen-bond acceptors (Lipinski definition) is 4. The van der Waals surface area contributed by atoms with Crippen molar-refractivity contribution in [2.24, 2.45) is 0 Å². The highest BCUT2D eigenvalue weighted by atomic mass is 79.9. The average Bonchev–Trinajstić information content (AvgIpc) is 2.24. The quantitative estimate of drug-likeness (QED) is 0.685. The highest BCUT2D eigenvalue weighted by molar-refractivity contribution is 9.10. The molecular weight excluding hydrogens is 286 g/mol. The van der Waals surface area contributed by atoms with Gasteiger partial charge in [0, 0.05) is 11.8 Å². The number of nitrogens with zero attached hydrogens (tertiary/aromatic N) is 1. The summed E-state index contributed by atoms with van der Waals surface area (Å²) >= 11 is 3.01. The molecule has 1 aromatic rings. The number of carbonyl (C=O) groups is 1. The third-order valence-corrected chi connectivity index (χ3v) is 2.63. The second kappa shape index (κ2) is 5.20. The predicted molar refractivity (Wildman–Crippen MR) is 57.0 cm³/mol. The summed E-state index contributed by atoms with van der Waals surface area (Å²) in [4.78, 5) is 14.7. The molecule has 1 rings (SSSR count). The zero-order valence-electron chi connectivity index (χ0n) is 8.34. The van der Waals surface area contributed by atoms with Gasteiger partial charge in [-0.1, -0.05) is 0 Å². The molecule has 0 spiro atoms. The van der Waals surface area contributed by atoms with Gasteiger partial charge >= 0.3 is 5.97 Å². The fraction of sp³-hybridized carbons (Fsp3) is 0.333. The van der Waals surface area contributed by atoms with Gasteiger partial charge < -0.3 is 10.5 Å². The predicted octanol–water partition coefficient (Wildman–Crippen LogP) is 2.08. The highest BCUT2D eigenvalue weighted by Crippen LogP contribution is 2.30. The molecule has 2 N–H and O–H groups in total. The third-order valence-electron chi connectivity index (χ3n) is 2.00. The van der Waals surface area contributed by atoms with Crippen LogP contribution in [0.25, 0.3) is 0 Å². The van der Waals surface area contributed by atoms with Crippen LogP contribution >= 0.6 is 15.9 Å². The molecule has 0 bridgehead atoms. The summed E-state index contributed by atoms with van der Waals surface area (Å²) in [6.45, 7) is 0. The van der Waals surface area contributed by atoms with Crippen molar-refractivity contribution >= 4 is 27.6 Å². The zero-order valence-corrected chi connectivity index (χ0v) is 9.92. The van der Waals surface area contributed by atoms with E-state index in [1.807, 2.05) is 0 Å². The van der Waals surface area contributed by atoms with Gasteiger partial charge in [-0.05, 0) is 21.5 Å². The van der Waals surface area contributed by atoms with Crippen LogP contribution in [0.2, 0.25) is 0 Å². The van der Waals surface area contributed by atoms with Gasteiger partial charge in [0.15, 0.2) is 0 Å². The molecular formula is C9H9BrF2N2O2. The lowest BCUT2D eigenvalue weighted by Crippen LogP contribution is -2.11. The first-order valence-corrected chi connectivity index (χ1v) is 5.04. The summed E-state index contributed by atoms with van der Waals surface area (Å²) in [7, 11) is 1.18. The smallest absolute Gasteiger partial charge is 0.310 e. The number of alkyl halides is 2. The Balaban J connectivity index is 3.20. The monoisotopic (exact) mass is 294 g/mol. The molecule has 0 atom stereocenters. The minimum Gasteiger partial charge on any atom is -0.469 e. The first kappa shape index (κ1) is 12.8. The van der Waals surface area contributed by atoms with E-state index in [2.05, 4.69) is 25.7 Å². The Labute approximate surface area is 98.9 Å². The SMILES string of the molecule is COC(=O)Cc1c(C(F)F)cnc(Br)c1N. The Morgan fingerprint density at radius 1 is 1.69 bits per heavy atom. The van der Waals surface area contributed by atoms with Crippen molar-refractivity contribution in [1.82, 2.24) is 4.98 Å². The molecule has 0 radical (unpaired) electrons. The van der Waals surface area contributed by atoms with Crippen molar-refractivity contribution in [1.29, 1.82) is 0 Å². The third kappa shape index (κ3) is 2.66. The number of methoxy groups -OCH3 is 1. The van der Waals surface area contributed by atoms with Gasteiger partial charge in [-0.15, -0.1) is 0 Å². The van der Waals surface area contributed by atoms with Gasteiger partial charge in [0.05, 0.1) is 19.2 Å². The molecule has 7 heteroatoms. The maximum atomic E-state index is 12.6. The Kier molecular flexibility index (Phi) is 4.17. The first-order chi connectivity index (χ1) is 7.47. The molecule has 0 fully saturated rings. The summed E-state index contributed by atoms with van der Waals surface area (Å²) in [5.41, 5.74) is 5.29. The topological polar surface area (TPSA) is 65.2 Å². The van der Waals surface area contributed by atoms with E-state index in [4.69, 9.17) is 5.73 Å². The van der Waals surface area contributed by atoms with Crippen molar-refractivity contribution in [2.75, 3.05) is 12.8 Å². The second-order valence-electron chi connectivity index (χ2n) is 2.95. The van der Waals surface area contributed by atoms with E-state index in [1.165, 1.54) is 7.11 Å². The van der Waals surface area contributed by atoms with Crippen molar-refractivity contribution < 1.29 is 18.3 Å². The Hall–Kier alpha value is -1.24. The Bertz CT molecular complexity index is 413. The maximum Gasteiger partial charge on any atom is 0.310 e. The highest BCUT2D eigenvalue weighted by Gasteiger charge is 2.20. The van der Waals surface area contributed by atoms with Gasteiger partial charge in [-0.2, -0.15) is 0 Å². The number of hydrogen-bond donors (Lipinski definition) is 1. The number of pyridine rings is 1. The average molecular weight is 295 g/mol. The van der Waals surface area contributed by atoms with E-state index in [1.54, 1.807) is 0 Å². The van der Waals surface area contributed by atoms with Crippen LogP contribution in [0.4, 0.5) is 14.5 Å². The van der Waals surface area contributed by atoms with Crippen LogP contribution in [0.3, 0.4) is 0 Å². The number of esters is 1. The normalized spacial score (nSPS) is 10.6. The standard InChI is InChI=1S/C9H9BrF2N2O2/c1-16-6(15)2-4-5(9(11)12)3-14-8(10)7(4)13/h3,9H,2,13H2,1H3. The maximum absolute atomic E-state index is 12.6. The van der Waals surface area contributed by atoms with E-state index in [0.717, 1.165) is 6.20 Å². The largest absolute Gasteiger partial charge is 0.469 e. The molecule has 0 aliphatic carbocycles. The molecule has 1 heterocycles. The Morgan fingerprint density at radius 2 is 2.31 bits per heavy atom. The lowest BCUT2D eigenvalue weighted by molar-refractivity contribution is -0.139. The van der Waals surface area contributed by atoms with E-state index in [0.29, 0.717) is 0 Å². The van der Waals surface area contributed by atoms with Crippen LogP contribution in [0.15, 0.2) is 10.8 Å². The molecule has 88 valence electrons. The van der Waals surface area contributed by atoms with E-state index in [-0.39, 0.29) is 27.8 Å². The summed E-state index contributed by atoms with van der Waals surface area (Å²) in [5.74, 6) is -0.633. The molecule has 0 aliphatic heterocycles. The summed E-state index contributed by atoms with van der Waals surface area (Å²) in [6.07, 6.45) is -2.05. The minimum atomic E-state index is -2.73. The Morgan fingerprint density at radius 3 is 2.81 bits per heavy atom. The van der Waals surface area contributed by atoms with Crippen LogP contribution in [-0.2, 0) is 16.0 Å². The van der Waals surface area contributed by atoms with Crippen molar-refractivity contribution in [3.63, 3.8) is 0 Å². The minimum absolute atomic E-state index is 0.0307. The van der Waals surface area contributed by atoms with Crippen molar-refractivity contribution in [3.05, 3.63) is 21.9 Å². The number of rotatable bonds is 3. The van der Waals surface area contributed by atoms with Crippen LogP contribution in [0.5, 0.6) is 0 Å². The van der Waals surface area contributed by atoms with E-state index >= 15 is 0 Å². The number of ether oxygens (including phenoxy) is 1. The van der Waals surface area contributed by atoms with Gasteiger partial charge in [0.1, 0.15) is 4.60 Å². The zero-order chi connectivity index (χ0) is 12.3. The molecule has 16 heavy (non-hydrogen) atoms. The van der Waals surface area contributed by atoms with Gasteiger partial charge in [0.25, 0.3) is 6.43 Å². The number of nitrogens with two attached hydrogens (primary N) is 1. The van der Waals surface area contributed by atoms with Gasteiger partial charge in [0.2, 0.25) is 0 Å². The van der Waals surface area contributed by atoms with Crippen molar-refractivity contribution in [2.45, 2.75) is 12.8 Å². The second-order valence-corrected chi connectivity index (χ2v) is 3.70. The molecule has 0 amide bonds. The number of halogens is 3. The van der Waals surface area contributed by atoms with Crippen LogP contribution in [0, 0.1) is 0 Å². The van der Waals surface area contributed by atoms with Crippen molar-refractivity contribution in [3.8, 4) is 0 Å². The molecule has 0 unspecified atom stereocenters. The number of anilines is 1. The number of nitrogen functional groups attached to an aromatic ring is 1. The van der Waals surface area contributed by atoms with Crippen LogP contribution in [-0.4, -0.2) is 18.1 Å². The lowest BCUT2D eigenvalue weighted by atomic mass is 10.1. The molecule has 1 aromatic heterocycles. The van der Waals surface area contributed by atoms with Crippen LogP contribution < -0.4 is 5.73 Å². The molecule has 0 saturated carbocycles. The van der Waals surface area contributed by atoms with E-state index < -0.39 is 12.4 Å². The number of aromatic nitrogens is 1.